The summed E-state index contributed by atoms with van der Waals surface area (Å²) in [6, 6.07) is 11.8. The number of aryl methyl sites for hydroxylation is 3. The fourth-order valence-electron chi connectivity index (χ4n) is 3.06. The van der Waals surface area contributed by atoms with E-state index in [0.29, 0.717) is 29.0 Å². The van der Waals surface area contributed by atoms with Gasteiger partial charge < -0.3 is 24.8 Å². The Hall–Kier alpha value is -3.48. The van der Waals surface area contributed by atoms with Gasteiger partial charge >= 0.3 is 0 Å². The quantitative estimate of drug-likeness (QED) is 0.589. The molecule has 0 fully saturated rings. The third kappa shape index (κ3) is 4.68. The van der Waals surface area contributed by atoms with E-state index in [1.54, 1.807) is 21.3 Å². The predicted octanol–water partition coefficient (Wildman–Crippen LogP) is 4.91. The topological polar surface area (TPSA) is 77.5 Å². The van der Waals surface area contributed by atoms with E-state index in [-0.39, 0.29) is 0 Å². The number of benzene rings is 2. The summed E-state index contributed by atoms with van der Waals surface area (Å²) in [5, 5.41) is 6.59. The van der Waals surface area contributed by atoms with Crippen LogP contribution in [-0.4, -0.2) is 31.3 Å². The van der Waals surface area contributed by atoms with Crippen molar-refractivity contribution in [2.24, 2.45) is 0 Å². The zero-order valence-corrected chi connectivity index (χ0v) is 17.6. The maximum absolute atomic E-state index is 5.41. The van der Waals surface area contributed by atoms with Gasteiger partial charge in [0.15, 0.2) is 11.5 Å². The first-order valence-corrected chi connectivity index (χ1v) is 9.20. The van der Waals surface area contributed by atoms with E-state index < -0.39 is 0 Å². The summed E-state index contributed by atoms with van der Waals surface area (Å²) in [6.07, 6.45) is 0. The Bertz CT molecular complexity index is 996. The van der Waals surface area contributed by atoms with E-state index in [1.165, 1.54) is 5.56 Å². The second-order valence-corrected chi connectivity index (χ2v) is 6.70. The lowest BCUT2D eigenvalue weighted by Gasteiger charge is -2.15. The number of aromatic nitrogens is 2. The van der Waals surface area contributed by atoms with Gasteiger partial charge in [-0.1, -0.05) is 17.7 Å². The van der Waals surface area contributed by atoms with Gasteiger partial charge in [0, 0.05) is 35.3 Å². The average Bonchev–Trinajstić information content (AvgIpc) is 2.69. The molecule has 0 saturated carbocycles. The fraction of sp³-hybridized carbons (Fsp3) is 0.273. The molecule has 2 aromatic carbocycles. The van der Waals surface area contributed by atoms with Crippen LogP contribution in [0.3, 0.4) is 0 Å². The van der Waals surface area contributed by atoms with Gasteiger partial charge in [-0.25, -0.2) is 4.98 Å². The summed E-state index contributed by atoms with van der Waals surface area (Å²) >= 11 is 0. The molecular formula is C22H26N4O3. The second kappa shape index (κ2) is 8.68. The zero-order chi connectivity index (χ0) is 21.0. The van der Waals surface area contributed by atoms with Gasteiger partial charge in [0.1, 0.15) is 5.82 Å². The minimum atomic E-state index is 0.464. The molecule has 152 valence electrons. The summed E-state index contributed by atoms with van der Waals surface area (Å²) < 4.78 is 16.2. The van der Waals surface area contributed by atoms with Crippen LogP contribution in [0, 0.1) is 20.8 Å². The molecule has 0 spiro atoms. The first-order chi connectivity index (χ1) is 13.9. The molecule has 7 heteroatoms. The lowest BCUT2D eigenvalue weighted by atomic mass is 10.1. The Morgan fingerprint density at radius 3 is 2.03 bits per heavy atom. The number of hydrogen-bond donors (Lipinski definition) is 2. The molecule has 0 amide bonds. The number of ether oxygens (including phenoxy) is 3. The third-order valence-electron chi connectivity index (χ3n) is 4.42. The second-order valence-electron chi connectivity index (χ2n) is 6.70. The van der Waals surface area contributed by atoms with Crippen LogP contribution in [-0.2, 0) is 0 Å². The Labute approximate surface area is 171 Å². The van der Waals surface area contributed by atoms with Crippen molar-refractivity contribution in [2.45, 2.75) is 20.8 Å². The summed E-state index contributed by atoms with van der Waals surface area (Å²) in [5.41, 5.74) is 4.94. The molecule has 0 radical (unpaired) electrons. The van der Waals surface area contributed by atoms with Crippen LogP contribution in [0.15, 0.2) is 36.4 Å². The van der Waals surface area contributed by atoms with E-state index in [4.69, 9.17) is 14.2 Å². The molecule has 1 heterocycles. The molecule has 29 heavy (non-hydrogen) atoms. The van der Waals surface area contributed by atoms with Gasteiger partial charge in [-0.05, 0) is 32.4 Å². The standard InChI is InChI=1S/C22H26N4O3/c1-13-7-8-17(14(2)9-13)25-20-10-15(3)23-22(26-20)24-16-11-18(27-4)21(29-6)19(12-16)28-5/h7-12H,1-6H3,(H2,23,24,25,26). The number of methoxy groups -OCH3 is 3. The van der Waals surface area contributed by atoms with Crippen LogP contribution in [0.5, 0.6) is 17.2 Å². The minimum absolute atomic E-state index is 0.464. The number of anilines is 4. The monoisotopic (exact) mass is 394 g/mol. The van der Waals surface area contributed by atoms with Crippen LogP contribution in [0.2, 0.25) is 0 Å². The van der Waals surface area contributed by atoms with E-state index in [9.17, 15) is 0 Å². The predicted molar refractivity (Wildman–Crippen MR) is 115 cm³/mol. The van der Waals surface area contributed by atoms with Crippen molar-refractivity contribution >= 4 is 23.1 Å². The Morgan fingerprint density at radius 2 is 1.45 bits per heavy atom. The van der Waals surface area contributed by atoms with Crippen molar-refractivity contribution in [3.8, 4) is 17.2 Å². The largest absolute Gasteiger partial charge is 0.493 e. The molecule has 3 aromatic rings. The van der Waals surface area contributed by atoms with Gasteiger partial charge in [-0.15, -0.1) is 0 Å². The first-order valence-electron chi connectivity index (χ1n) is 9.20. The van der Waals surface area contributed by atoms with Crippen LogP contribution < -0.4 is 24.8 Å². The maximum Gasteiger partial charge on any atom is 0.229 e. The highest BCUT2D eigenvalue weighted by atomic mass is 16.5. The molecule has 7 nitrogen and oxygen atoms in total. The Kier molecular flexibility index (Phi) is 6.07. The van der Waals surface area contributed by atoms with Crippen molar-refractivity contribution in [2.75, 3.05) is 32.0 Å². The average molecular weight is 394 g/mol. The van der Waals surface area contributed by atoms with Crippen LogP contribution >= 0.6 is 0 Å². The summed E-state index contributed by atoms with van der Waals surface area (Å²) in [4.78, 5) is 9.08. The first kappa shape index (κ1) is 20.3. The molecule has 0 aliphatic rings. The number of rotatable bonds is 7. The Balaban J connectivity index is 1.90. The van der Waals surface area contributed by atoms with Crippen LogP contribution in [0.1, 0.15) is 16.8 Å². The molecule has 0 saturated heterocycles. The van der Waals surface area contributed by atoms with Gasteiger partial charge in [-0.2, -0.15) is 4.98 Å². The highest BCUT2D eigenvalue weighted by Crippen LogP contribution is 2.40. The molecule has 1 aromatic heterocycles. The maximum atomic E-state index is 5.41. The van der Waals surface area contributed by atoms with Crippen LogP contribution in [0.25, 0.3) is 0 Å². The lowest BCUT2D eigenvalue weighted by molar-refractivity contribution is 0.324. The van der Waals surface area contributed by atoms with E-state index in [2.05, 4.69) is 52.6 Å². The number of nitrogens with one attached hydrogen (secondary N) is 2. The molecular weight excluding hydrogens is 368 g/mol. The SMILES string of the molecule is COc1cc(Nc2nc(C)cc(Nc3ccc(C)cc3C)n2)cc(OC)c1OC. The highest BCUT2D eigenvalue weighted by molar-refractivity contribution is 5.67. The lowest BCUT2D eigenvalue weighted by Crippen LogP contribution is -2.04. The van der Waals surface area contributed by atoms with E-state index in [0.717, 1.165) is 22.6 Å². The summed E-state index contributed by atoms with van der Waals surface area (Å²) in [5.74, 6) is 2.81. The van der Waals surface area contributed by atoms with E-state index >= 15 is 0 Å². The van der Waals surface area contributed by atoms with Gasteiger partial charge in [0.2, 0.25) is 11.7 Å². The van der Waals surface area contributed by atoms with Gasteiger partial charge in [-0.3, -0.25) is 0 Å². The molecule has 0 aliphatic carbocycles. The smallest absolute Gasteiger partial charge is 0.229 e. The summed E-state index contributed by atoms with van der Waals surface area (Å²) in [7, 11) is 4.73. The van der Waals surface area contributed by atoms with Gasteiger partial charge in [0.05, 0.1) is 21.3 Å². The van der Waals surface area contributed by atoms with Crippen molar-refractivity contribution in [1.82, 2.24) is 9.97 Å². The normalized spacial score (nSPS) is 10.4. The molecule has 3 rings (SSSR count). The fourth-order valence-corrected chi connectivity index (χ4v) is 3.06. The molecule has 0 unspecified atom stereocenters. The van der Waals surface area contributed by atoms with Crippen molar-refractivity contribution in [1.29, 1.82) is 0 Å². The zero-order valence-electron chi connectivity index (χ0n) is 17.6. The summed E-state index contributed by atoms with van der Waals surface area (Å²) in [6.45, 7) is 6.07. The Morgan fingerprint density at radius 1 is 0.759 bits per heavy atom. The van der Waals surface area contributed by atoms with E-state index in [1.807, 2.05) is 25.1 Å². The number of nitrogens with zero attached hydrogens (tertiary/aromatic N) is 2. The number of hydrogen-bond acceptors (Lipinski definition) is 7. The molecule has 0 atom stereocenters. The third-order valence-corrected chi connectivity index (χ3v) is 4.42. The molecule has 0 bridgehead atoms. The van der Waals surface area contributed by atoms with Crippen LogP contribution in [0.4, 0.5) is 23.1 Å². The molecule has 0 aliphatic heterocycles. The van der Waals surface area contributed by atoms with Crippen molar-refractivity contribution in [3.63, 3.8) is 0 Å². The van der Waals surface area contributed by atoms with Gasteiger partial charge in [0.25, 0.3) is 0 Å². The molecule has 2 N–H and O–H groups in total. The highest BCUT2D eigenvalue weighted by Gasteiger charge is 2.14. The van der Waals surface area contributed by atoms with Crippen molar-refractivity contribution in [3.05, 3.63) is 53.2 Å². The van der Waals surface area contributed by atoms with Crippen molar-refractivity contribution < 1.29 is 14.2 Å². The minimum Gasteiger partial charge on any atom is -0.493 e.